The summed E-state index contributed by atoms with van der Waals surface area (Å²) in [4.78, 5) is 36.5. The Morgan fingerprint density at radius 2 is 0.459 bits per heavy atom. The minimum atomic E-state index is -1.18. The van der Waals surface area contributed by atoms with Gasteiger partial charge in [-0.1, -0.05) is 135 Å². The van der Waals surface area contributed by atoms with Crippen LogP contribution in [0, 0.1) is 104 Å². The summed E-state index contributed by atoms with van der Waals surface area (Å²) in [7, 11) is 0. The van der Waals surface area contributed by atoms with E-state index < -0.39 is 46.5 Å². The molecule has 624 valence electrons. The van der Waals surface area contributed by atoms with Crippen LogP contribution in [0.2, 0.25) is 0 Å². The van der Waals surface area contributed by atoms with Gasteiger partial charge in [0.2, 0.25) is 0 Å². The lowest BCUT2D eigenvalue weighted by atomic mass is 9.67. The van der Waals surface area contributed by atoms with Crippen LogP contribution in [0.5, 0.6) is 51.7 Å². The molecule has 0 fully saturated rings. The zero-order valence-electron chi connectivity index (χ0n) is 72.5. The second kappa shape index (κ2) is 34.3. The Bertz CT molecular complexity index is 5880. The average Bonchev–Trinajstić information content (AvgIpc) is 0.717. The molecule has 15 nitrogen and oxygen atoms in total. The van der Waals surface area contributed by atoms with Crippen molar-refractivity contribution in [3.63, 3.8) is 0 Å². The molecule has 0 saturated heterocycles. The van der Waals surface area contributed by atoms with Gasteiger partial charge in [-0.3, -0.25) is 0 Å². The van der Waals surface area contributed by atoms with Gasteiger partial charge in [-0.15, -0.1) is 0 Å². The molecule has 0 spiro atoms. The van der Waals surface area contributed by atoms with E-state index in [2.05, 4.69) is 81.4 Å². The van der Waals surface area contributed by atoms with E-state index in [4.69, 9.17) is 14.2 Å². The van der Waals surface area contributed by atoms with Crippen LogP contribution >= 0.6 is 0 Å². The van der Waals surface area contributed by atoms with Crippen LogP contribution in [0.3, 0.4) is 0 Å². The lowest BCUT2D eigenvalue weighted by molar-refractivity contribution is 0.0686. The quantitative estimate of drug-likeness (QED) is 0.0228. The van der Waals surface area contributed by atoms with E-state index in [1.165, 1.54) is 0 Å². The number of hydrogen-bond donors (Lipinski definition) is 9. The first-order valence-corrected chi connectivity index (χ1v) is 40.9. The fourth-order valence-electron chi connectivity index (χ4n) is 17.5. The van der Waals surface area contributed by atoms with Crippen LogP contribution < -0.4 is 14.2 Å². The lowest BCUT2D eigenvalue weighted by Crippen LogP contribution is -2.28. The zero-order valence-corrected chi connectivity index (χ0v) is 72.5. The predicted molar refractivity (Wildman–Crippen MR) is 479 cm³/mol. The summed E-state index contributed by atoms with van der Waals surface area (Å²) in [5.74, 6) is -2.41. The summed E-state index contributed by atoms with van der Waals surface area (Å²) in [6, 6.07) is 64.6. The monoisotopic (exact) mass is 1630 g/mol. The van der Waals surface area contributed by atoms with Crippen LogP contribution in [0.15, 0.2) is 206 Å². The second-order valence-corrected chi connectivity index (χ2v) is 34.1. The minimum Gasteiger partial charge on any atom is -0.508 e. The van der Waals surface area contributed by atoms with Gasteiger partial charge in [0.25, 0.3) is 0 Å². The molecule has 13 aromatic carbocycles. The van der Waals surface area contributed by atoms with Crippen molar-refractivity contribution in [3.8, 4) is 51.7 Å². The molecule has 0 radical (unpaired) electrons. The van der Waals surface area contributed by atoms with Crippen LogP contribution in [0.1, 0.15) is 248 Å². The Morgan fingerprint density at radius 3 is 0.689 bits per heavy atom. The lowest BCUT2D eigenvalue weighted by Gasteiger charge is -2.37. The van der Waals surface area contributed by atoms with E-state index in [1.807, 2.05) is 140 Å². The van der Waals surface area contributed by atoms with Gasteiger partial charge in [0.1, 0.15) is 71.6 Å². The molecular formula is C107H106O15. The number of phenolic OH excluding ortho intramolecular Hbond substituents is 6. The standard InChI is InChI=1S/C107H106O15/c1-56-44-91(108)62(7)38-82(56)97(83-39-63(8)92(109)45-57(83)2)88-50-79(35-68(13)100(88)120-53-71-19-25-74(26-20-71)103(114)115)106(16,17)77-31-33-78(34-32-77)107(18,80-36-69(14)101(121-54-72-21-27-75(28-22-72)104(116)117)89(51-80)98(84-40-64(9)93(110)46-58(84)3)85-41-65(10)94(111)47-59(85)4)81-37-70(15)102(122-55-73-23-29-76(30-24-73)105(118)119)90(52-81)99(86-42-66(11)95(112)48-60(86)5)87-43-67(12)96(113)49-61(87)6/h19-52,97-99,108-113H,53-55H2,1-18H3,(H,114,115)(H,116,117)(H,118,119). The van der Waals surface area contributed by atoms with Crippen molar-refractivity contribution in [1.29, 1.82) is 0 Å². The number of aryl methyl sites for hydroxylation is 15. The summed E-state index contributed by atoms with van der Waals surface area (Å²) >= 11 is 0. The van der Waals surface area contributed by atoms with Gasteiger partial charge in [-0.25, -0.2) is 14.4 Å². The Kier molecular flexibility index (Phi) is 24.3. The van der Waals surface area contributed by atoms with E-state index in [1.54, 1.807) is 109 Å². The van der Waals surface area contributed by atoms with E-state index in [-0.39, 0.29) is 71.0 Å². The summed E-state index contributed by atoms with van der Waals surface area (Å²) < 4.78 is 21.6. The van der Waals surface area contributed by atoms with Gasteiger partial charge in [0, 0.05) is 45.3 Å². The van der Waals surface area contributed by atoms with Crippen molar-refractivity contribution >= 4 is 17.9 Å². The van der Waals surface area contributed by atoms with E-state index in [9.17, 15) is 60.3 Å². The Labute approximate surface area is 714 Å². The number of phenols is 6. The predicted octanol–water partition coefficient (Wildman–Crippen LogP) is 23.6. The molecule has 0 amide bonds. The van der Waals surface area contributed by atoms with Crippen LogP contribution in [-0.2, 0) is 30.7 Å². The summed E-state index contributed by atoms with van der Waals surface area (Å²) in [6.07, 6.45) is 0. The third kappa shape index (κ3) is 17.1. The van der Waals surface area contributed by atoms with Crippen LogP contribution in [-0.4, -0.2) is 63.9 Å². The first kappa shape index (κ1) is 86.3. The number of carboxylic acids is 3. The largest absolute Gasteiger partial charge is 0.508 e. The summed E-state index contributed by atoms with van der Waals surface area (Å²) in [6.45, 7) is 36.1. The first-order chi connectivity index (χ1) is 57.7. The van der Waals surface area contributed by atoms with Crippen LogP contribution in [0.25, 0.3) is 0 Å². The molecule has 9 N–H and O–H groups in total. The molecule has 13 rings (SSSR count). The topological polar surface area (TPSA) is 261 Å². The molecule has 0 aliphatic heterocycles. The first-order valence-electron chi connectivity index (χ1n) is 40.9. The third-order valence-electron chi connectivity index (χ3n) is 25.0. The molecule has 122 heavy (non-hydrogen) atoms. The normalized spacial score (nSPS) is 11.7. The maximum atomic E-state index is 12.2. The van der Waals surface area contributed by atoms with Crippen molar-refractivity contribution in [3.05, 3.63) is 401 Å². The molecule has 0 aliphatic rings. The fourth-order valence-corrected chi connectivity index (χ4v) is 17.5. The highest BCUT2D eigenvalue weighted by atomic mass is 16.5. The van der Waals surface area contributed by atoms with Crippen molar-refractivity contribution in [2.75, 3.05) is 0 Å². The van der Waals surface area contributed by atoms with E-state index >= 15 is 0 Å². The number of ether oxygens (including phenoxy) is 3. The van der Waals surface area contributed by atoms with Crippen molar-refractivity contribution in [1.82, 2.24) is 0 Å². The zero-order chi connectivity index (χ0) is 88.2. The molecule has 0 aliphatic carbocycles. The van der Waals surface area contributed by atoms with Crippen LogP contribution in [0.4, 0.5) is 0 Å². The summed E-state index contributed by atoms with van der Waals surface area (Å²) in [5, 5.41) is 98.6. The highest BCUT2D eigenvalue weighted by Gasteiger charge is 2.40. The fraction of sp³-hybridized carbons (Fsp3) is 0.243. The molecule has 0 saturated carbocycles. The van der Waals surface area contributed by atoms with Gasteiger partial charge < -0.3 is 60.2 Å². The number of carbonyl (C=O) groups is 3. The summed E-state index contributed by atoms with van der Waals surface area (Å²) in [5.41, 5.74) is 23.8. The number of aromatic carboxylic acids is 3. The molecule has 0 heterocycles. The Morgan fingerprint density at radius 1 is 0.246 bits per heavy atom. The SMILES string of the molecule is Cc1cc(C(c2cc(C)c(O)cc2C)c2cc(C(C)(C)c3ccc(C(C)(c4cc(C)c(OCc5ccc(C(=O)O)cc5)c(C(c5cc(C)c(O)cc5C)c5cc(C)c(O)cc5C)c4)c4cc(C)c(OCc5ccc(C(=O)O)cc5)c(C(c5cc(C)c(O)cc5C)c5cc(C)c(O)cc5C)c4)cc3)cc(C)c2OCc2ccc(C(=O)O)cc2)c(C)cc1O. The van der Waals surface area contributed by atoms with Gasteiger partial charge in [0.15, 0.2) is 0 Å². The number of carboxylic acid groups (broad SMARTS) is 3. The maximum absolute atomic E-state index is 12.2. The smallest absolute Gasteiger partial charge is 0.335 e. The van der Waals surface area contributed by atoms with Gasteiger partial charge >= 0.3 is 17.9 Å². The number of benzene rings is 13. The molecule has 0 unspecified atom stereocenters. The highest BCUT2D eigenvalue weighted by molar-refractivity contribution is 5.88. The maximum Gasteiger partial charge on any atom is 0.335 e. The van der Waals surface area contributed by atoms with Gasteiger partial charge in [-0.2, -0.15) is 0 Å². The molecule has 13 aromatic rings. The second-order valence-electron chi connectivity index (χ2n) is 34.1. The molecular weight excluding hydrogens is 1530 g/mol. The average molecular weight is 1630 g/mol. The number of rotatable bonds is 26. The van der Waals surface area contributed by atoms with Gasteiger partial charge in [-0.05, 0) is 357 Å². The number of aromatic hydroxyl groups is 6. The van der Waals surface area contributed by atoms with E-state index in [0.29, 0.717) is 50.6 Å². The molecule has 0 bridgehead atoms. The number of hydrogen-bond acceptors (Lipinski definition) is 12. The third-order valence-corrected chi connectivity index (χ3v) is 25.0. The molecule has 0 atom stereocenters. The molecule has 15 heteroatoms. The minimum absolute atomic E-state index is 0.0468. The van der Waals surface area contributed by atoms with Crippen molar-refractivity contribution < 1.29 is 74.6 Å². The van der Waals surface area contributed by atoms with Crippen molar-refractivity contribution in [2.24, 2.45) is 0 Å². The Balaban J connectivity index is 1.10. The molecule has 0 aromatic heterocycles. The highest BCUT2D eigenvalue weighted by Crippen LogP contribution is 2.54. The van der Waals surface area contributed by atoms with E-state index in [0.717, 1.165) is 145 Å². The van der Waals surface area contributed by atoms with Crippen molar-refractivity contribution in [2.45, 2.75) is 173 Å². The Hall–Kier alpha value is -13.5. The van der Waals surface area contributed by atoms with Gasteiger partial charge in [0.05, 0.1) is 16.7 Å².